The summed E-state index contributed by atoms with van der Waals surface area (Å²) in [6.45, 7) is 7.88. The molecular weight excluding hydrogens is 354 g/mol. The zero-order chi connectivity index (χ0) is 20.4. The molecule has 0 aliphatic heterocycles. The van der Waals surface area contributed by atoms with Gasteiger partial charge in [0.15, 0.2) is 0 Å². The van der Waals surface area contributed by atoms with Crippen LogP contribution in [0.4, 0.5) is 5.69 Å². The molecular formula is C22H25N3O3. The van der Waals surface area contributed by atoms with Gasteiger partial charge in [0.05, 0.1) is 6.21 Å². The number of benzene rings is 2. The highest BCUT2D eigenvalue weighted by Gasteiger charge is 2.08. The van der Waals surface area contributed by atoms with Crippen LogP contribution in [0.1, 0.15) is 29.5 Å². The first kappa shape index (κ1) is 20.9. The quantitative estimate of drug-likeness (QED) is 0.396. The van der Waals surface area contributed by atoms with Crippen LogP contribution < -0.4 is 15.5 Å². The molecule has 0 spiro atoms. The van der Waals surface area contributed by atoms with Gasteiger partial charge in [0, 0.05) is 24.1 Å². The fourth-order valence-corrected chi connectivity index (χ4v) is 2.41. The van der Waals surface area contributed by atoms with Crippen LogP contribution in [0.15, 0.2) is 60.2 Å². The third-order valence-electron chi connectivity index (χ3n) is 3.91. The van der Waals surface area contributed by atoms with Crippen molar-refractivity contribution in [3.63, 3.8) is 0 Å². The molecule has 146 valence electrons. The number of rotatable bonds is 9. The summed E-state index contributed by atoms with van der Waals surface area (Å²) in [4.78, 5) is 24.0. The number of aryl methyl sites for hydroxylation is 2. The molecule has 0 atom stereocenters. The number of hydrazone groups is 1. The Kier molecular flexibility index (Phi) is 7.96. The zero-order valence-electron chi connectivity index (χ0n) is 16.2. The third-order valence-corrected chi connectivity index (χ3v) is 3.91. The number of nitrogens with zero attached hydrogens (tertiary/aromatic N) is 1. The Morgan fingerprint density at radius 3 is 2.64 bits per heavy atom. The first-order chi connectivity index (χ1) is 13.5. The molecule has 2 amide bonds. The predicted octanol–water partition coefficient (Wildman–Crippen LogP) is 3.74. The average molecular weight is 379 g/mol. The van der Waals surface area contributed by atoms with Gasteiger partial charge in [-0.25, -0.2) is 5.43 Å². The van der Waals surface area contributed by atoms with Crippen LogP contribution in [0, 0.1) is 13.8 Å². The van der Waals surface area contributed by atoms with Gasteiger partial charge in [0.25, 0.3) is 0 Å². The highest BCUT2D eigenvalue weighted by molar-refractivity contribution is 5.94. The summed E-state index contributed by atoms with van der Waals surface area (Å²) in [5.41, 5.74) is 5.96. The summed E-state index contributed by atoms with van der Waals surface area (Å²) in [6.07, 6.45) is 3.28. The fourth-order valence-electron chi connectivity index (χ4n) is 2.41. The third kappa shape index (κ3) is 6.72. The summed E-state index contributed by atoms with van der Waals surface area (Å²) in [5.74, 6) is 0.0983. The molecule has 2 rings (SSSR count). The van der Waals surface area contributed by atoms with Crippen molar-refractivity contribution in [3.8, 4) is 5.75 Å². The maximum absolute atomic E-state index is 12.1. The van der Waals surface area contributed by atoms with Crippen LogP contribution in [0.2, 0.25) is 0 Å². The summed E-state index contributed by atoms with van der Waals surface area (Å²) in [6, 6.07) is 13.2. The number of ether oxygens (including phenoxy) is 1. The molecule has 2 N–H and O–H groups in total. The van der Waals surface area contributed by atoms with Gasteiger partial charge in [0.1, 0.15) is 12.4 Å². The number of anilines is 1. The van der Waals surface area contributed by atoms with Gasteiger partial charge >= 0.3 is 0 Å². The minimum absolute atomic E-state index is 0.0443. The summed E-state index contributed by atoms with van der Waals surface area (Å²) < 4.78 is 5.52. The lowest BCUT2D eigenvalue weighted by Gasteiger charge is -2.09. The highest BCUT2D eigenvalue weighted by atomic mass is 16.5. The number of hydrogen-bond acceptors (Lipinski definition) is 4. The van der Waals surface area contributed by atoms with Crippen molar-refractivity contribution in [2.75, 3.05) is 11.9 Å². The molecule has 0 aliphatic carbocycles. The van der Waals surface area contributed by atoms with Crippen molar-refractivity contribution in [2.24, 2.45) is 5.10 Å². The van der Waals surface area contributed by atoms with Crippen LogP contribution >= 0.6 is 0 Å². The Hall–Kier alpha value is -3.41. The Morgan fingerprint density at radius 1 is 1.11 bits per heavy atom. The molecule has 0 unspecified atom stereocenters. The van der Waals surface area contributed by atoms with Gasteiger partial charge in [-0.1, -0.05) is 36.9 Å². The first-order valence-electron chi connectivity index (χ1n) is 9.01. The van der Waals surface area contributed by atoms with Crippen molar-refractivity contribution in [1.29, 1.82) is 0 Å². The second-order valence-corrected chi connectivity index (χ2v) is 6.30. The SMILES string of the molecule is C=CCOc1ccccc1C=NNC(=O)CCC(=O)Nc1cc(C)ccc1C. The average Bonchev–Trinajstić information content (AvgIpc) is 2.68. The molecule has 0 bridgehead atoms. The van der Waals surface area contributed by atoms with E-state index in [4.69, 9.17) is 4.74 Å². The molecule has 2 aromatic carbocycles. The molecule has 0 aromatic heterocycles. The van der Waals surface area contributed by atoms with Crippen molar-refractivity contribution in [2.45, 2.75) is 26.7 Å². The molecule has 6 heteroatoms. The molecule has 0 saturated carbocycles. The maximum atomic E-state index is 12.1. The Labute approximate surface area is 165 Å². The molecule has 0 aliphatic rings. The molecule has 6 nitrogen and oxygen atoms in total. The number of hydrogen-bond donors (Lipinski definition) is 2. The Morgan fingerprint density at radius 2 is 1.86 bits per heavy atom. The molecule has 28 heavy (non-hydrogen) atoms. The topological polar surface area (TPSA) is 79.8 Å². The predicted molar refractivity (Wildman–Crippen MR) is 112 cm³/mol. The Balaban J connectivity index is 1.81. The maximum Gasteiger partial charge on any atom is 0.240 e. The summed E-state index contributed by atoms with van der Waals surface area (Å²) in [5, 5.41) is 6.77. The minimum Gasteiger partial charge on any atom is -0.489 e. The lowest BCUT2D eigenvalue weighted by molar-refractivity contribution is -0.124. The van der Waals surface area contributed by atoms with Crippen LogP contribution in [0.25, 0.3) is 0 Å². The minimum atomic E-state index is -0.336. The van der Waals surface area contributed by atoms with Crippen molar-refractivity contribution in [1.82, 2.24) is 5.43 Å². The second-order valence-electron chi connectivity index (χ2n) is 6.30. The van der Waals surface area contributed by atoms with E-state index in [2.05, 4.69) is 22.4 Å². The van der Waals surface area contributed by atoms with Crippen LogP contribution in [-0.2, 0) is 9.59 Å². The molecule has 0 heterocycles. The molecule has 2 aromatic rings. The first-order valence-corrected chi connectivity index (χ1v) is 9.01. The smallest absolute Gasteiger partial charge is 0.240 e. The largest absolute Gasteiger partial charge is 0.489 e. The van der Waals surface area contributed by atoms with Crippen LogP contribution in [0.5, 0.6) is 5.75 Å². The zero-order valence-corrected chi connectivity index (χ0v) is 16.2. The normalized spacial score (nSPS) is 10.5. The number of carbonyl (C=O) groups excluding carboxylic acids is 2. The number of para-hydroxylation sites is 1. The monoisotopic (exact) mass is 379 g/mol. The lowest BCUT2D eigenvalue weighted by Crippen LogP contribution is -2.21. The Bertz CT molecular complexity index is 875. The van der Waals surface area contributed by atoms with Crippen molar-refractivity contribution in [3.05, 3.63) is 71.8 Å². The molecule has 0 fully saturated rings. The molecule has 0 saturated heterocycles. The van der Waals surface area contributed by atoms with E-state index >= 15 is 0 Å². The summed E-state index contributed by atoms with van der Waals surface area (Å²) in [7, 11) is 0. The van der Waals surface area contributed by atoms with E-state index in [1.165, 1.54) is 6.21 Å². The number of nitrogens with one attached hydrogen (secondary N) is 2. The van der Waals surface area contributed by atoms with Crippen molar-refractivity contribution < 1.29 is 14.3 Å². The van der Waals surface area contributed by atoms with E-state index in [0.29, 0.717) is 12.4 Å². The summed E-state index contributed by atoms with van der Waals surface area (Å²) >= 11 is 0. The van der Waals surface area contributed by atoms with Gasteiger partial charge in [-0.05, 0) is 43.2 Å². The molecule has 0 radical (unpaired) electrons. The second kappa shape index (κ2) is 10.7. The van der Waals surface area contributed by atoms with E-state index < -0.39 is 0 Å². The lowest BCUT2D eigenvalue weighted by atomic mass is 10.1. The van der Waals surface area contributed by atoms with Crippen LogP contribution in [-0.4, -0.2) is 24.6 Å². The van der Waals surface area contributed by atoms with Gasteiger partial charge < -0.3 is 10.1 Å². The van der Waals surface area contributed by atoms with Crippen molar-refractivity contribution >= 4 is 23.7 Å². The fraction of sp³-hybridized carbons (Fsp3) is 0.227. The highest BCUT2D eigenvalue weighted by Crippen LogP contribution is 2.17. The van der Waals surface area contributed by atoms with Gasteiger partial charge in [-0.3, -0.25) is 9.59 Å². The van der Waals surface area contributed by atoms with E-state index in [-0.39, 0.29) is 24.7 Å². The van der Waals surface area contributed by atoms with E-state index in [1.807, 2.05) is 56.3 Å². The van der Waals surface area contributed by atoms with E-state index in [9.17, 15) is 9.59 Å². The standard InChI is InChI=1S/C22H25N3O3/c1-4-13-28-20-8-6-5-7-18(20)15-23-25-22(27)12-11-21(26)24-19-14-16(2)9-10-17(19)3/h4-10,14-15H,1,11-13H2,2-3H3,(H,24,26)(H,25,27). The van der Waals surface area contributed by atoms with Gasteiger partial charge in [0.2, 0.25) is 11.8 Å². The number of amides is 2. The van der Waals surface area contributed by atoms with Crippen LogP contribution in [0.3, 0.4) is 0 Å². The van der Waals surface area contributed by atoms with E-state index in [0.717, 1.165) is 22.4 Å². The van der Waals surface area contributed by atoms with E-state index in [1.54, 1.807) is 6.08 Å². The van der Waals surface area contributed by atoms with Gasteiger partial charge in [-0.15, -0.1) is 0 Å². The van der Waals surface area contributed by atoms with Gasteiger partial charge in [-0.2, -0.15) is 5.10 Å². The number of carbonyl (C=O) groups is 2.